The summed E-state index contributed by atoms with van der Waals surface area (Å²) in [5.74, 6) is -0.644. The molecule has 0 aliphatic carbocycles. The zero-order valence-corrected chi connectivity index (χ0v) is 21.7. The fourth-order valence-electron chi connectivity index (χ4n) is 4.56. The van der Waals surface area contributed by atoms with Crippen molar-refractivity contribution in [1.29, 1.82) is 0 Å². The van der Waals surface area contributed by atoms with Gasteiger partial charge in [0.25, 0.3) is 0 Å². The van der Waals surface area contributed by atoms with Gasteiger partial charge >= 0.3 is 12.2 Å². The number of carbonyl (C=O) groups is 1. The van der Waals surface area contributed by atoms with Gasteiger partial charge in [0.15, 0.2) is 9.34 Å². The normalized spacial score (nSPS) is 15.1. The number of halogens is 4. The van der Waals surface area contributed by atoms with Crippen LogP contribution in [0.25, 0.3) is 22.0 Å². The van der Waals surface area contributed by atoms with Crippen LogP contribution in [0.1, 0.15) is 17.7 Å². The van der Waals surface area contributed by atoms with E-state index < -0.39 is 33.6 Å². The van der Waals surface area contributed by atoms with E-state index in [2.05, 4.69) is 4.98 Å². The first kappa shape index (κ1) is 26.1. The highest BCUT2D eigenvalue weighted by molar-refractivity contribution is 7.91. The average Bonchev–Trinajstić information content (AvgIpc) is 3.37. The number of carbonyl (C=O) groups excluding carboxylic acids is 1. The molecule has 0 saturated carbocycles. The number of aromatic nitrogens is 2. The third-order valence-corrected chi connectivity index (χ3v) is 9.05. The second-order valence-electron chi connectivity index (χ2n) is 8.90. The van der Waals surface area contributed by atoms with Crippen molar-refractivity contribution in [2.45, 2.75) is 23.7 Å². The molecule has 0 unspecified atom stereocenters. The smallest absolute Gasteiger partial charge is 0.348 e. The molecule has 14 heteroatoms. The first-order valence-corrected chi connectivity index (χ1v) is 13.7. The highest BCUT2D eigenvalue weighted by atomic mass is 32.2. The van der Waals surface area contributed by atoms with Gasteiger partial charge in [-0.3, -0.25) is 9.80 Å². The molecule has 2 amide bonds. The van der Waals surface area contributed by atoms with Crippen LogP contribution in [0.2, 0.25) is 0 Å². The van der Waals surface area contributed by atoms with Crippen molar-refractivity contribution in [3.8, 4) is 11.1 Å². The first-order chi connectivity index (χ1) is 17.8. The number of rotatable bonds is 4. The van der Waals surface area contributed by atoms with Crippen molar-refractivity contribution in [1.82, 2.24) is 9.55 Å². The van der Waals surface area contributed by atoms with Gasteiger partial charge < -0.3 is 4.57 Å². The topological polar surface area (TPSA) is 102 Å². The van der Waals surface area contributed by atoms with E-state index >= 15 is 0 Å². The lowest BCUT2D eigenvalue weighted by Gasteiger charge is -2.34. The number of nitrogens with zero attached hydrogens (tertiary/aromatic N) is 4. The maximum absolute atomic E-state index is 14.7. The number of primary sulfonamides is 1. The Bertz CT molecular complexity index is 1680. The van der Waals surface area contributed by atoms with Crippen LogP contribution in [0.4, 0.5) is 33.2 Å². The number of aryl methyl sites for hydroxylation is 2. The molecule has 0 bridgehead atoms. The standard InChI is InChI=1S/C24H21F4N5O3S2/c1-13-21(38(29,35)36)37-22(30-13)33-9-3-8-32(23(33)34)16-6-4-14(5-7-16)17-10-15(24(26,27)28)11-19-20(17)18(25)12-31(19)2/h4-7,10-12H,3,8-9H2,1-2H3,(H2,29,35,36). The van der Waals surface area contributed by atoms with E-state index in [9.17, 15) is 30.8 Å². The van der Waals surface area contributed by atoms with E-state index in [1.165, 1.54) is 40.5 Å². The Morgan fingerprint density at radius 1 is 1.08 bits per heavy atom. The number of fused-ring (bicyclic) bond motifs is 1. The predicted octanol–water partition coefficient (Wildman–Crippen LogP) is 5.25. The molecule has 1 saturated heterocycles. The summed E-state index contributed by atoms with van der Waals surface area (Å²) in [5.41, 5.74) is 0.313. The van der Waals surface area contributed by atoms with Crippen molar-refractivity contribution in [3.63, 3.8) is 0 Å². The molecule has 0 atom stereocenters. The lowest BCUT2D eigenvalue weighted by molar-refractivity contribution is -0.137. The summed E-state index contributed by atoms with van der Waals surface area (Å²) in [6.07, 6.45) is -2.93. The molecule has 1 fully saturated rings. The molecule has 1 aliphatic rings. The number of thiazole rings is 1. The Balaban J connectivity index is 1.49. The predicted molar refractivity (Wildman–Crippen MR) is 136 cm³/mol. The lowest BCUT2D eigenvalue weighted by atomic mass is 9.98. The van der Waals surface area contributed by atoms with Gasteiger partial charge in [-0.05, 0) is 48.7 Å². The van der Waals surface area contributed by atoms with Crippen LogP contribution in [-0.2, 0) is 23.2 Å². The minimum atomic E-state index is -4.62. The zero-order chi connectivity index (χ0) is 27.6. The Hall–Kier alpha value is -3.49. The summed E-state index contributed by atoms with van der Waals surface area (Å²) < 4.78 is 80.2. The van der Waals surface area contributed by atoms with Gasteiger partial charge in [-0.15, -0.1) is 0 Å². The van der Waals surface area contributed by atoms with Crippen LogP contribution < -0.4 is 14.9 Å². The second kappa shape index (κ2) is 9.06. The van der Waals surface area contributed by atoms with Crippen molar-refractivity contribution < 1.29 is 30.8 Å². The molecular weight excluding hydrogens is 546 g/mol. The summed E-state index contributed by atoms with van der Waals surface area (Å²) in [5, 5.41) is 5.50. The fraction of sp³-hybridized carbons (Fsp3) is 0.250. The summed E-state index contributed by atoms with van der Waals surface area (Å²) in [4.78, 5) is 20.3. The van der Waals surface area contributed by atoms with E-state index in [4.69, 9.17) is 5.14 Å². The number of hydrogen-bond donors (Lipinski definition) is 1. The molecule has 38 heavy (non-hydrogen) atoms. The Morgan fingerprint density at radius 3 is 2.34 bits per heavy atom. The average molecular weight is 568 g/mol. The molecule has 5 rings (SSSR count). The lowest BCUT2D eigenvalue weighted by Crippen LogP contribution is -2.49. The number of alkyl halides is 3. The molecule has 8 nitrogen and oxygen atoms in total. The Morgan fingerprint density at radius 2 is 1.74 bits per heavy atom. The van der Waals surface area contributed by atoms with Crippen molar-refractivity contribution in [3.05, 3.63) is 59.7 Å². The monoisotopic (exact) mass is 567 g/mol. The highest BCUT2D eigenvalue weighted by Crippen LogP contribution is 2.39. The number of benzene rings is 2. The van der Waals surface area contributed by atoms with Crippen LogP contribution in [-0.4, -0.2) is 37.1 Å². The molecule has 0 radical (unpaired) electrons. The van der Waals surface area contributed by atoms with E-state index in [0.29, 0.717) is 30.8 Å². The van der Waals surface area contributed by atoms with Crippen LogP contribution >= 0.6 is 11.3 Å². The quantitative estimate of drug-likeness (QED) is 0.340. The van der Waals surface area contributed by atoms with Gasteiger partial charge in [0.2, 0.25) is 10.0 Å². The molecule has 2 aromatic carbocycles. The molecule has 2 aromatic heterocycles. The fourth-order valence-corrected chi connectivity index (χ4v) is 6.53. The minimum Gasteiger partial charge on any atom is -0.348 e. The molecule has 4 aromatic rings. The summed E-state index contributed by atoms with van der Waals surface area (Å²) >= 11 is 0.806. The molecule has 2 N–H and O–H groups in total. The molecule has 200 valence electrons. The largest absolute Gasteiger partial charge is 0.416 e. The molecule has 1 aliphatic heterocycles. The molecule has 3 heterocycles. The number of amides is 2. The third-order valence-electron chi connectivity index (χ3n) is 6.32. The van der Waals surface area contributed by atoms with Crippen LogP contribution in [0.5, 0.6) is 0 Å². The number of sulfonamides is 1. The second-order valence-corrected chi connectivity index (χ2v) is 11.6. The van der Waals surface area contributed by atoms with Gasteiger partial charge in [0.05, 0.1) is 16.8 Å². The molecular formula is C24H21F4N5O3S2. The maximum Gasteiger partial charge on any atom is 0.416 e. The zero-order valence-electron chi connectivity index (χ0n) is 20.1. The van der Waals surface area contributed by atoms with E-state index in [-0.39, 0.29) is 31.5 Å². The van der Waals surface area contributed by atoms with Crippen molar-refractivity contribution >= 4 is 49.1 Å². The van der Waals surface area contributed by atoms with Gasteiger partial charge in [-0.2, -0.15) is 13.2 Å². The summed E-state index contributed by atoms with van der Waals surface area (Å²) in [6.45, 7) is 2.17. The Kier molecular flexibility index (Phi) is 6.23. The van der Waals surface area contributed by atoms with E-state index in [0.717, 1.165) is 29.7 Å². The maximum atomic E-state index is 14.7. The van der Waals surface area contributed by atoms with Gasteiger partial charge in [0, 0.05) is 37.4 Å². The first-order valence-electron chi connectivity index (χ1n) is 11.3. The van der Waals surface area contributed by atoms with Crippen LogP contribution in [0.15, 0.2) is 46.8 Å². The number of anilines is 2. The van der Waals surface area contributed by atoms with Gasteiger partial charge in [-0.25, -0.2) is 27.7 Å². The summed E-state index contributed by atoms with van der Waals surface area (Å²) in [7, 11) is -2.52. The van der Waals surface area contributed by atoms with Gasteiger partial charge in [-0.1, -0.05) is 23.5 Å². The van der Waals surface area contributed by atoms with Crippen molar-refractivity contribution in [2.24, 2.45) is 12.2 Å². The third kappa shape index (κ3) is 4.52. The summed E-state index contributed by atoms with van der Waals surface area (Å²) in [6, 6.07) is 7.62. The molecule has 0 spiro atoms. The van der Waals surface area contributed by atoms with Crippen molar-refractivity contribution in [2.75, 3.05) is 22.9 Å². The highest BCUT2D eigenvalue weighted by Gasteiger charge is 2.33. The van der Waals surface area contributed by atoms with E-state index in [1.807, 2.05) is 0 Å². The number of urea groups is 1. The van der Waals surface area contributed by atoms with Crippen LogP contribution in [0, 0.1) is 12.7 Å². The minimum absolute atomic E-state index is 0.0678. The number of nitrogens with two attached hydrogens (primary N) is 1. The van der Waals surface area contributed by atoms with E-state index in [1.54, 1.807) is 12.1 Å². The van der Waals surface area contributed by atoms with Gasteiger partial charge in [0.1, 0.15) is 5.82 Å². The van der Waals surface area contributed by atoms with Crippen LogP contribution in [0.3, 0.4) is 0 Å². The number of hydrogen-bond acceptors (Lipinski definition) is 5. The SMILES string of the molecule is Cc1nc(N2CCCN(c3ccc(-c4cc(C(F)(F)F)cc5c4c(F)cn5C)cc3)C2=O)sc1S(N)(=O)=O. The Labute approximate surface area is 218 Å².